The Bertz CT molecular complexity index is 517. The van der Waals surface area contributed by atoms with E-state index in [0.29, 0.717) is 38.5 Å². The molecule has 3 rings (SSSR count). The van der Waals surface area contributed by atoms with Crippen LogP contribution in [0, 0.1) is 0 Å². The molecule has 2 fully saturated rings. The highest BCUT2D eigenvalue weighted by atomic mass is 16.5. The summed E-state index contributed by atoms with van der Waals surface area (Å²) in [6.45, 7) is 3.45. The normalized spacial score (nSPS) is 22.0. The minimum absolute atomic E-state index is 0.0794. The van der Waals surface area contributed by atoms with Gasteiger partial charge in [-0.25, -0.2) is 4.79 Å². The number of rotatable bonds is 3. The summed E-state index contributed by atoms with van der Waals surface area (Å²) in [7, 11) is 0. The fourth-order valence-electron chi connectivity index (χ4n) is 2.95. The van der Waals surface area contributed by atoms with Crippen molar-refractivity contribution >= 4 is 11.9 Å². The molecule has 1 unspecified atom stereocenters. The van der Waals surface area contributed by atoms with Crippen molar-refractivity contribution in [3.05, 3.63) is 24.2 Å². The van der Waals surface area contributed by atoms with Gasteiger partial charge in [-0.1, -0.05) is 0 Å². The van der Waals surface area contributed by atoms with Gasteiger partial charge in [-0.05, 0) is 31.4 Å². The molecule has 23 heavy (non-hydrogen) atoms. The number of carbonyl (C=O) groups excluding carboxylic acids is 2. The zero-order valence-corrected chi connectivity index (χ0v) is 13.2. The van der Waals surface area contributed by atoms with Crippen LogP contribution in [0.4, 0.5) is 4.79 Å². The monoisotopic (exact) mass is 321 g/mol. The number of furan rings is 1. The van der Waals surface area contributed by atoms with Crippen molar-refractivity contribution in [2.75, 3.05) is 39.3 Å². The fourth-order valence-corrected chi connectivity index (χ4v) is 2.95. The lowest BCUT2D eigenvalue weighted by molar-refractivity contribution is 0.0174. The maximum atomic E-state index is 12.2. The third-order valence-corrected chi connectivity index (χ3v) is 4.34. The van der Waals surface area contributed by atoms with Crippen LogP contribution in [0.5, 0.6) is 0 Å². The Kier molecular flexibility index (Phi) is 5.17. The molecular weight excluding hydrogens is 298 g/mol. The zero-order chi connectivity index (χ0) is 16.1. The summed E-state index contributed by atoms with van der Waals surface area (Å²) in [6.07, 6.45) is 4.90. The molecule has 1 atom stereocenters. The molecule has 2 saturated heterocycles. The van der Waals surface area contributed by atoms with Crippen LogP contribution in [-0.2, 0) is 4.74 Å². The summed E-state index contributed by atoms with van der Waals surface area (Å²) in [5, 5.41) is 2.93. The quantitative estimate of drug-likeness (QED) is 0.911. The Balaban J connectivity index is 1.41. The topological polar surface area (TPSA) is 75.0 Å². The number of hydrogen-bond donors (Lipinski definition) is 1. The molecular formula is C16H23N3O4. The van der Waals surface area contributed by atoms with E-state index < -0.39 is 0 Å². The minimum Gasteiger partial charge on any atom is -0.459 e. The van der Waals surface area contributed by atoms with Crippen LogP contribution in [0.1, 0.15) is 29.8 Å². The Morgan fingerprint density at radius 3 is 2.61 bits per heavy atom. The van der Waals surface area contributed by atoms with Crippen LogP contribution in [0.25, 0.3) is 0 Å². The predicted octanol–water partition coefficient (Wildman–Crippen LogP) is 1.32. The highest BCUT2D eigenvalue weighted by Gasteiger charge is 2.26. The lowest BCUT2D eigenvalue weighted by Gasteiger charge is -2.34. The van der Waals surface area contributed by atoms with Crippen molar-refractivity contribution < 1.29 is 18.7 Å². The van der Waals surface area contributed by atoms with Crippen molar-refractivity contribution in [3.8, 4) is 0 Å². The third kappa shape index (κ3) is 4.04. The lowest BCUT2D eigenvalue weighted by Crippen LogP contribution is -2.54. The van der Waals surface area contributed by atoms with Gasteiger partial charge in [0.25, 0.3) is 5.91 Å². The molecule has 126 valence electrons. The largest absolute Gasteiger partial charge is 0.459 e. The van der Waals surface area contributed by atoms with Crippen molar-refractivity contribution in [2.45, 2.75) is 25.4 Å². The first-order chi connectivity index (χ1) is 11.2. The predicted molar refractivity (Wildman–Crippen MR) is 83.2 cm³/mol. The number of nitrogens with one attached hydrogen (secondary N) is 1. The van der Waals surface area contributed by atoms with E-state index in [0.717, 1.165) is 25.9 Å². The van der Waals surface area contributed by atoms with E-state index in [-0.39, 0.29) is 18.0 Å². The zero-order valence-electron chi connectivity index (χ0n) is 13.2. The summed E-state index contributed by atoms with van der Waals surface area (Å²) in [6, 6.07) is 3.28. The molecule has 3 heterocycles. The molecule has 7 nitrogen and oxygen atoms in total. The average Bonchev–Trinajstić information content (AvgIpc) is 3.15. The van der Waals surface area contributed by atoms with Gasteiger partial charge in [0.05, 0.1) is 12.4 Å². The van der Waals surface area contributed by atoms with Gasteiger partial charge in [0.1, 0.15) is 0 Å². The van der Waals surface area contributed by atoms with Gasteiger partial charge >= 0.3 is 6.03 Å². The van der Waals surface area contributed by atoms with Gasteiger partial charge in [-0.2, -0.15) is 0 Å². The number of piperazine rings is 1. The summed E-state index contributed by atoms with van der Waals surface area (Å²) in [5.41, 5.74) is 0. The molecule has 0 spiro atoms. The van der Waals surface area contributed by atoms with Gasteiger partial charge in [0.15, 0.2) is 5.76 Å². The number of ether oxygens (including phenoxy) is 1. The van der Waals surface area contributed by atoms with Gasteiger partial charge in [0.2, 0.25) is 0 Å². The van der Waals surface area contributed by atoms with E-state index in [1.54, 1.807) is 21.9 Å². The van der Waals surface area contributed by atoms with Crippen molar-refractivity contribution in [1.82, 2.24) is 15.1 Å². The van der Waals surface area contributed by atoms with Crippen molar-refractivity contribution in [2.24, 2.45) is 0 Å². The van der Waals surface area contributed by atoms with Crippen LogP contribution < -0.4 is 5.32 Å². The van der Waals surface area contributed by atoms with Crippen LogP contribution in [0.3, 0.4) is 0 Å². The lowest BCUT2D eigenvalue weighted by atomic mass is 10.1. The molecule has 0 radical (unpaired) electrons. The first-order valence-corrected chi connectivity index (χ1v) is 8.21. The minimum atomic E-state index is -0.120. The molecule has 2 aliphatic rings. The van der Waals surface area contributed by atoms with E-state index in [1.165, 1.54) is 6.26 Å². The highest BCUT2D eigenvalue weighted by molar-refractivity contribution is 5.91. The maximum absolute atomic E-state index is 12.2. The Hall–Kier alpha value is -2.02. The van der Waals surface area contributed by atoms with E-state index in [2.05, 4.69) is 5.32 Å². The molecule has 3 amide bonds. The van der Waals surface area contributed by atoms with Gasteiger partial charge in [0, 0.05) is 39.3 Å². The van der Waals surface area contributed by atoms with Crippen LogP contribution in [-0.4, -0.2) is 67.2 Å². The maximum Gasteiger partial charge on any atom is 0.317 e. The van der Waals surface area contributed by atoms with E-state index in [4.69, 9.17) is 9.15 Å². The molecule has 0 saturated carbocycles. The van der Waals surface area contributed by atoms with Crippen LogP contribution >= 0.6 is 0 Å². The van der Waals surface area contributed by atoms with E-state index in [1.807, 2.05) is 0 Å². The number of nitrogens with zero attached hydrogens (tertiary/aromatic N) is 2. The van der Waals surface area contributed by atoms with Gasteiger partial charge in [-0.15, -0.1) is 0 Å². The highest BCUT2D eigenvalue weighted by Crippen LogP contribution is 2.12. The van der Waals surface area contributed by atoms with Crippen LogP contribution in [0.15, 0.2) is 22.8 Å². The Morgan fingerprint density at radius 2 is 1.96 bits per heavy atom. The molecule has 1 aromatic heterocycles. The smallest absolute Gasteiger partial charge is 0.317 e. The summed E-state index contributed by atoms with van der Waals surface area (Å²) < 4.78 is 10.7. The molecule has 0 aromatic carbocycles. The fraction of sp³-hybridized carbons (Fsp3) is 0.625. The molecule has 1 aromatic rings. The Morgan fingerprint density at radius 1 is 1.17 bits per heavy atom. The van der Waals surface area contributed by atoms with Crippen molar-refractivity contribution in [3.63, 3.8) is 0 Å². The SMILES string of the molecule is O=C(NCC1CCCCO1)N1CCN(C(=O)c2ccco2)CC1. The van der Waals surface area contributed by atoms with E-state index in [9.17, 15) is 9.59 Å². The Labute approximate surface area is 135 Å². The summed E-state index contributed by atoms with van der Waals surface area (Å²) in [4.78, 5) is 27.8. The third-order valence-electron chi connectivity index (χ3n) is 4.34. The first kappa shape index (κ1) is 15.9. The van der Waals surface area contributed by atoms with Crippen LogP contribution in [0.2, 0.25) is 0 Å². The summed E-state index contributed by atoms with van der Waals surface area (Å²) in [5.74, 6) is 0.225. The number of hydrogen-bond acceptors (Lipinski definition) is 4. The molecule has 0 bridgehead atoms. The number of urea groups is 1. The second-order valence-corrected chi connectivity index (χ2v) is 5.93. The number of amides is 3. The molecule has 0 aliphatic carbocycles. The second-order valence-electron chi connectivity index (χ2n) is 5.93. The first-order valence-electron chi connectivity index (χ1n) is 8.21. The average molecular weight is 321 g/mol. The number of carbonyl (C=O) groups is 2. The van der Waals surface area contributed by atoms with E-state index >= 15 is 0 Å². The molecule has 7 heteroatoms. The molecule has 1 N–H and O–H groups in total. The van der Waals surface area contributed by atoms with Gasteiger partial charge in [-0.3, -0.25) is 4.79 Å². The van der Waals surface area contributed by atoms with Gasteiger partial charge < -0.3 is 24.3 Å². The second kappa shape index (κ2) is 7.50. The standard InChI is InChI=1S/C16H23N3O4/c20-15(14-5-3-11-23-14)18-6-8-19(9-7-18)16(21)17-12-13-4-1-2-10-22-13/h3,5,11,13H,1-2,4,6-10,12H2,(H,17,21). The summed E-state index contributed by atoms with van der Waals surface area (Å²) >= 11 is 0. The molecule has 2 aliphatic heterocycles. The van der Waals surface area contributed by atoms with Crippen molar-refractivity contribution in [1.29, 1.82) is 0 Å².